The summed E-state index contributed by atoms with van der Waals surface area (Å²) in [5.41, 5.74) is 2.76. The number of rotatable bonds is 2. The Kier molecular flexibility index (Phi) is 4.23. The molecule has 21 heavy (non-hydrogen) atoms. The molecule has 0 aliphatic heterocycles. The molecule has 5 nitrogen and oxygen atoms in total. The van der Waals surface area contributed by atoms with E-state index in [1.165, 1.54) is 12.1 Å². The minimum atomic E-state index is -0.789. The summed E-state index contributed by atoms with van der Waals surface area (Å²) in [5, 5.41) is 14.4. The normalized spacial score (nSPS) is 10.0. The third-order valence-corrected chi connectivity index (χ3v) is 3.03. The number of phenols is 1. The highest BCUT2D eigenvalue weighted by molar-refractivity contribution is 6.43. The van der Waals surface area contributed by atoms with Crippen LogP contribution in [0.3, 0.4) is 0 Å². The van der Waals surface area contributed by atoms with Gasteiger partial charge < -0.3 is 15.7 Å². The molecule has 0 saturated heterocycles. The van der Waals surface area contributed by atoms with Gasteiger partial charge in [-0.2, -0.15) is 0 Å². The molecule has 108 valence electrons. The lowest BCUT2D eigenvalue weighted by molar-refractivity contribution is -0.133. The van der Waals surface area contributed by atoms with E-state index in [1.54, 1.807) is 12.1 Å². The highest BCUT2D eigenvalue weighted by atomic mass is 16.3. The van der Waals surface area contributed by atoms with E-state index < -0.39 is 11.8 Å². The van der Waals surface area contributed by atoms with Gasteiger partial charge in [0.1, 0.15) is 5.75 Å². The maximum atomic E-state index is 11.9. The van der Waals surface area contributed by atoms with Crippen molar-refractivity contribution >= 4 is 23.2 Å². The zero-order chi connectivity index (χ0) is 15.4. The molecule has 0 atom stereocenters. The molecule has 0 unspecified atom stereocenters. The summed E-state index contributed by atoms with van der Waals surface area (Å²) in [6, 6.07) is 11.6. The number of hydrogen-bond acceptors (Lipinski definition) is 3. The lowest BCUT2D eigenvalue weighted by Crippen LogP contribution is -2.29. The smallest absolute Gasteiger partial charge is 0.314 e. The van der Waals surface area contributed by atoms with Crippen molar-refractivity contribution in [2.24, 2.45) is 0 Å². The van der Waals surface area contributed by atoms with Crippen molar-refractivity contribution in [3.8, 4) is 5.75 Å². The van der Waals surface area contributed by atoms with Crippen molar-refractivity contribution in [1.29, 1.82) is 0 Å². The molecule has 2 amide bonds. The van der Waals surface area contributed by atoms with Crippen molar-refractivity contribution in [2.75, 3.05) is 10.6 Å². The fraction of sp³-hybridized carbons (Fsp3) is 0.125. The lowest BCUT2D eigenvalue weighted by Gasteiger charge is -2.11. The van der Waals surface area contributed by atoms with Crippen LogP contribution in [0.25, 0.3) is 0 Å². The number of benzene rings is 2. The topological polar surface area (TPSA) is 78.4 Å². The molecule has 2 rings (SSSR count). The fourth-order valence-corrected chi connectivity index (χ4v) is 1.95. The standard InChI is InChI=1S/C16H16N2O3/c1-10-5-3-6-11(2)14(10)18-16(21)15(20)17-12-7-4-8-13(19)9-12/h3-9,19H,1-2H3,(H,17,20)(H,18,21). The SMILES string of the molecule is Cc1cccc(C)c1NC(=O)C(=O)Nc1cccc(O)c1. The number of carbonyl (C=O) groups is 2. The number of hydrogen-bond donors (Lipinski definition) is 3. The number of aromatic hydroxyl groups is 1. The van der Waals surface area contributed by atoms with Gasteiger partial charge in [-0.15, -0.1) is 0 Å². The molecule has 0 aromatic heterocycles. The maximum absolute atomic E-state index is 11.9. The van der Waals surface area contributed by atoms with E-state index in [2.05, 4.69) is 10.6 Å². The first-order valence-electron chi connectivity index (χ1n) is 6.45. The van der Waals surface area contributed by atoms with Crippen molar-refractivity contribution < 1.29 is 14.7 Å². The van der Waals surface area contributed by atoms with Gasteiger partial charge in [0.05, 0.1) is 0 Å². The molecule has 3 N–H and O–H groups in total. The van der Waals surface area contributed by atoms with Gasteiger partial charge in [-0.25, -0.2) is 0 Å². The number of aryl methyl sites for hydroxylation is 2. The average Bonchev–Trinajstić information content (AvgIpc) is 2.43. The Labute approximate surface area is 122 Å². The molecule has 2 aromatic rings. The minimum absolute atomic E-state index is 0.0166. The Balaban J connectivity index is 2.08. The summed E-state index contributed by atoms with van der Waals surface area (Å²) < 4.78 is 0. The van der Waals surface area contributed by atoms with E-state index in [9.17, 15) is 14.7 Å². The molecule has 5 heteroatoms. The van der Waals surface area contributed by atoms with Crippen molar-refractivity contribution in [3.05, 3.63) is 53.6 Å². The molecule has 0 aliphatic rings. The van der Waals surface area contributed by atoms with Crippen molar-refractivity contribution in [2.45, 2.75) is 13.8 Å². The second kappa shape index (κ2) is 6.09. The van der Waals surface area contributed by atoms with Gasteiger partial charge in [0.25, 0.3) is 0 Å². The predicted molar refractivity (Wildman–Crippen MR) is 81.3 cm³/mol. The molecular weight excluding hydrogens is 268 g/mol. The van der Waals surface area contributed by atoms with Crippen LogP contribution in [0.15, 0.2) is 42.5 Å². The second-order valence-corrected chi connectivity index (χ2v) is 4.73. The highest BCUT2D eigenvalue weighted by Crippen LogP contribution is 2.19. The summed E-state index contributed by atoms with van der Waals surface area (Å²) in [6.45, 7) is 3.71. The molecule has 0 fully saturated rings. The quantitative estimate of drug-likeness (QED) is 0.742. The first kappa shape index (κ1) is 14.6. The van der Waals surface area contributed by atoms with Crippen LogP contribution in [0.5, 0.6) is 5.75 Å². The number of carbonyl (C=O) groups excluding carboxylic acids is 2. The van der Waals surface area contributed by atoms with Crippen molar-refractivity contribution in [3.63, 3.8) is 0 Å². The van der Waals surface area contributed by atoms with E-state index in [1.807, 2.05) is 32.0 Å². The van der Waals surface area contributed by atoms with Gasteiger partial charge in [0.2, 0.25) is 0 Å². The Hall–Kier alpha value is -2.82. The van der Waals surface area contributed by atoms with Crippen LogP contribution in [0.2, 0.25) is 0 Å². The van der Waals surface area contributed by atoms with Gasteiger partial charge in [0.15, 0.2) is 0 Å². The summed E-state index contributed by atoms with van der Waals surface area (Å²) in [4.78, 5) is 23.8. The zero-order valence-electron chi connectivity index (χ0n) is 11.8. The van der Waals surface area contributed by atoms with Crippen LogP contribution >= 0.6 is 0 Å². The van der Waals surface area contributed by atoms with Gasteiger partial charge in [0, 0.05) is 17.4 Å². The Morgan fingerprint density at radius 3 is 2.10 bits per heavy atom. The van der Waals surface area contributed by atoms with E-state index in [0.29, 0.717) is 11.4 Å². The molecule has 0 aliphatic carbocycles. The van der Waals surface area contributed by atoms with E-state index in [4.69, 9.17) is 0 Å². The summed E-state index contributed by atoms with van der Waals surface area (Å²) in [5.74, 6) is -1.53. The summed E-state index contributed by atoms with van der Waals surface area (Å²) >= 11 is 0. The number of nitrogens with one attached hydrogen (secondary N) is 2. The van der Waals surface area contributed by atoms with E-state index in [-0.39, 0.29) is 5.75 Å². The van der Waals surface area contributed by atoms with Gasteiger partial charge in [-0.1, -0.05) is 24.3 Å². The predicted octanol–water partition coefficient (Wildman–Crippen LogP) is 2.59. The van der Waals surface area contributed by atoms with Gasteiger partial charge in [-0.3, -0.25) is 9.59 Å². The van der Waals surface area contributed by atoms with Crippen LogP contribution in [0.1, 0.15) is 11.1 Å². The zero-order valence-corrected chi connectivity index (χ0v) is 11.8. The first-order valence-corrected chi connectivity index (χ1v) is 6.45. The van der Waals surface area contributed by atoms with Gasteiger partial charge in [-0.05, 0) is 37.1 Å². The molecule has 0 radical (unpaired) electrons. The fourth-order valence-electron chi connectivity index (χ4n) is 1.95. The first-order chi connectivity index (χ1) is 9.97. The van der Waals surface area contributed by atoms with Crippen LogP contribution < -0.4 is 10.6 Å². The Morgan fingerprint density at radius 1 is 0.905 bits per heavy atom. The molecular formula is C16H16N2O3. The number of phenolic OH excluding ortho intramolecular Hbond substituents is 1. The largest absolute Gasteiger partial charge is 0.508 e. The third-order valence-electron chi connectivity index (χ3n) is 3.03. The molecule has 0 bridgehead atoms. The summed E-state index contributed by atoms with van der Waals surface area (Å²) in [7, 11) is 0. The second-order valence-electron chi connectivity index (χ2n) is 4.73. The Morgan fingerprint density at radius 2 is 1.48 bits per heavy atom. The lowest BCUT2D eigenvalue weighted by atomic mass is 10.1. The van der Waals surface area contributed by atoms with Crippen LogP contribution in [-0.4, -0.2) is 16.9 Å². The number of anilines is 2. The molecule has 0 saturated carbocycles. The number of amides is 2. The van der Waals surface area contributed by atoms with Gasteiger partial charge >= 0.3 is 11.8 Å². The third kappa shape index (κ3) is 3.60. The van der Waals surface area contributed by atoms with E-state index in [0.717, 1.165) is 11.1 Å². The van der Waals surface area contributed by atoms with E-state index >= 15 is 0 Å². The number of para-hydroxylation sites is 1. The molecule has 0 spiro atoms. The monoisotopic (exact) mass is 284 g/mol. The van der Waals surface area contributed by atoms with Crippen LogP contribution in [0.4, 0.5) is 11.4 Å². The highest BCUT2D eigenvalue weighted by Gasteiger charge is 2.16. The van der Waals surface area contributed by atoms with Crippen LogP contribution in [0, 0.1) is 13.8 Å². The minimum Gasteiger partial charge on any atom is -0.508 e. The summed E-state index contributed by atoms with van der Waals surface area (Å²) in [6.07, 6.45) is 0. The molecule has 2 aromatic carbocycles. The van der Waals surface area contributed by atoms with Crippen LogP contribution in [-0.2, 0) is 9.59 Å². The maximum Gasteiger partial charge on any atom is 0.314 e. The van der Waals surface area contributed by atoms with Crippen molar-refractivity contribution in [1.82, 2.24) is 0 Å². The Bertz CT molecular complexity index is 675. The molecule has 0 heterocycles. The average molecular weight is 284 g/mol.